The second-order valence-corrected chi connectivity index (χ2v) is 4.77. The summed E-state index contributed by atoms with van der Waals surface area (Å²) in [6.45, 7) is -0.00155. The zero-order chi connectivity index (χ0) is 16.9. The summed E-state index contributed by atoms with van der Waals surface area (Å²) < 4.78 is 51.1. The third-order valence-electron chi connectivity index (χ3n) is 3.05. The number of amides is 1. The van der Waals surface area contributed by atoms with Crippen LogP contribution in [0.2, 0.25) is 0 Å². The van der Waals surface area contributed by atoms with Gasteiger partial charge in [-0.25, -0.2) is 4.39 Å². The molecule has 6 heteroatoms. The number of halogens is 4. The van der Waals surface area contributed by atoms with Gasteiger partial charge in [0.1, 0.15) is 5.82 Å². The largest absolute Gasteiger partial charge is 0.416 e. The van der Waals surface area contributed by atoms with E-state index in [1.807, 2.05) is 0 Å². The molecule has 0 aliphatic heterocycles. The monoisotopic (exact) mass is 323 g/mol. The molecular formula is C17H13F4NO. The summed E-state index contributed by atoms with van der Waals surface area (Å²) in [6, 6.07) is 10.6. The Labute approximate surface area is 130 Å². The smallest absolute Gasteiger partial charge is 0.348 e. The number of benzene rings is 2. The van der Waals surface area contributed by atoms with Crippen molar-refractivity contribution < 1.29 is 22.4 Å². The summed E-state index contributed by atoms with van der Waals surface area (Å²) in [4.78, 5) is 11.6. The number of alkyl halides is 3. The molecule has 0 heterocycles. The van der Waals surface area contributed by atoms with Crippen molar-refractivity contribution in [3.8, 4) is 0 Å². The number of nitrogens with one attached hydrogen (secondary N) is 1. The van der Waals surface area contributed by atoms with Crippen LogP contribution in [-0.4, -0.2) is 5.91 Å². The SMILES string of the molecule is O=C(/C=C/c1cccc(C(F)(F)F)c1)NCc1ccccc1F. The Hall–Kier alpha value is -2.63. The van der Waals surface area contributed by atoms with E-state index < -0.39 is 23.5 Å². The van der Waals surface area contributed by atoms with Gasteiger partial charge in [0.2, 0.25) is 5.91 Å². The van der Waals surface area contributed by atoms with Crippen molar-refractivity contribution in [1.82, 2.24) is 5.32 Å². The average Bonchev–Trinajstić information content (AvgIpc) is 2.51. The molecule has 0 aliphatic rings. The topological polar surface area (TPSA) is 29.1 Å². The van der Waals surface area contributed by atoms with Crippen molar-refractivity contribution in [1.29, 1.82) is 0 Å². The van der Waals surface area contributed by atoms with E-state index >= 15 is 0 Å². The van der Waals surface area contributed by atoms with Gasteiger partial charge in [0, 0.05) is 18.2 Å². The van der Waals surface area contributed by atoms with Crippen molar-refractivity contribution in [3.63, 3.8) is 0 Å². The maximum Gasteiger partial charge on any atom is 0.416 e. The summed E-state index contributed by atoms with van der Waals surface area (Å²) in [5.74, 6) is -0.958. The third-order valence-corrected chi connectivity index (χ3v) is 3.05. The number of carbonyl (C=O) groups is 1. The van der Waals surface area contributed by atoms with Crippen molar-refractivity contribution in [2.24, 2.45) is 0 Å². The minimum atomic E-state index is -4.43. The van der Waals surface area contributed by atoms with Crippen molar-refractivity contribution in [2.75, 3.05) is 0 Å². The van der Waals surface area contributed by atoms with Crippen molar-refractivity contribution in [3.05, 3.63) is 77.1 Å². The Morgan fingerprint density at radius 1 is 1.09 bits per heavy atom. The molecule has 0 unspecified atom stereocenters. The zero-order valence-corrected chi connectivity index (χ0v) is 11.9. The standard InChI is InChI=1S/C17H13F4NO/c18-15-7-2-1-5-13(15)11-22-16(23)9-8-12-4-3-6-14(10-12)17(19,20)21/h1-10H,11H2,(H,22,23)/b9-8+. The first-order valence-electron chi connectivity index (χ1n) is 6.73. The lowest BCUT2D eigenvalue weighted by Gasteiger charge is -2.06. The number of hydrogen-bond donors (Lipinski definition) is 1. The molecule has 2 aromatic rings. The van der Waals surface area contributed by atoms with Crippen LogP contribution >= 0.6 is 0 Å². The molecule has 2 nitrogen and oxygen atoms in total. The molecule has 0 atom stereocenters. The van der Waals surface area contributed by atoms with Gasteiger partial charge >= 0.3 is 6.18 Å². The number of hydrogen-bond acceptors (Lipinski definition) is 1. The summed E-state index contributed by atoms with van der Waals surface area (Å²) >= 11 is 0. The summed E-state index contributed by atoms with van der Waals surface area (Å²) in [6.07, 6.45) is -2.06. The molecule has 0 fully saturated rings. The highest BCUT2D eigenvalue weighted by atomic mass is 19.4. The van der Waals surface area contributed by atoms with E-state index in [-0.39, 0.29) is 12.1 Å². The Morgan fingerprint density at radius 2 is 1.83 bits per heavy atom. The fraction of sp³-hybridized carbons (Fsp3) is 0.118. The van der Waals surface area contributed by atoms with Gasteiger partial charge in [0.05, 0.1) is 5.56 Å². The van der Waals surface area contributed by atoms with Crippen LogP contribution in [0.3, 0.4) is 0 Å². The van der Waals surface area contributed by atoms with Crippen LogP contribution in [0, 0.1) is 5.82 Å². The lowest BCUT2D eigenvalue weighted by Crippen LogP contribution is -2.20. The number of rotatable bonds is 4. The fourth-order valence-electron chi connectivity index (χ4n) is 1.87. The zero-order valence-electron chi connectivity index (χ0n) is 11.9. The Morgan fingerprint density at radius 3 is 2.52 bits per heavy atom. The highest BCUT2D eigenvalue weighted by Crippen LogP contribution is 2.29. The van der Waals surface area contributed by atoms with Gasteiger partial charge in [0.15, 0.2) is 0 Å². The van der Waals surface area contributed by atoms with Gasteiger partial charge in [-0.2, -0.15) is 13.2 Å². The van der Waals surface area contributed by atoms with Gasteiger partial charge in [-0.3, -0.25) is 4.79 Å². The van der Waals surface area contributed by atoms with E-state index in [4.69, 9.17) is 0 Å². The minimum Gasteiger partial charge on any atom is -0.348 e. The second kappa shape index (κ2) is 7.09. The molecule has 23 heavy (non-hydrogen) atoms. The maximum atomic E-state index is 13.4. The molecule has 120 valence electrons. The van der Waals surface area contributed by atoms with E-state index in [1.54, 1.807) is 6.07 Å². The van der Waals surface area contributed by atoms with E-state index in [0.29, 0.717) is 5.56 Å². The molecule has 2 aromatic carbocycles. The molecule has 2 rings (SSSR count). The van der Waals surface area contributed by atoms with Crippen LogP contribution in [0.15, 0.2) is 54.6 Å². The van der Waals surface area contributed by atoms with Crippen LogP contribution in [0.5, 0.6) is 0 Å². The summed E-state index contributed by atoms with van der Waals surface area (Å²) in [5.41, 5.74) is -0.208. The molecular weight excluding hydrogens is 310 g/mol. The highest BCUT2D eigenvalue weighted by molar-refractivity contribution is 5.91. The third kappa shape index (κ3) is 4.95. The van der Waals surface area contributed by atoms with Crippen LogP contribution < -0.4 is 5.32 Å². The first kappa shape index (κ1) is 16.7. The maximum absolute atomic E-state index is 13.4. The predicted octanol–water partition coefficient (Wildman–Crippen LogP) is 4.17. The van der Waals surface area contributed by atoms with E-state index in [0.717, 1.165) is 18.2 Å². The first-order chi connectivity index (χ1) is 10.9. The van der Waals surface area contributed by atoms with Crippen LogP contribution in [0.1, 0.15) is 16.7 Å². The second-order valence-electron chi connectivity index (χ2n) is 4.77. The van der Waals surface area contributed by atoms with Gasteiger partial charge in [-0.15, -0.1) is 0 Å². The van der Waals surface area contributed by atoms with Gasteiger partial charge < -0.3 is 5.32 Å². The molecule has 1 N–H and O–H groups in total. The quantitative estimate of drug-likeness (QED) is 0.664. The molecule has 0 spiro atoms. The molecule has 1 amide bonds. The Balaban J connectivity index is 1.98. The lowest BCUT2D eigenvalue weighted by atomic mass is 10.1. The average molecular weight is 323 g/mol. The van der Waals surface area contributed by atoms with Crippen molar-refractivity contribution >= 4 is 12.0 Å². The predicted molar refractivity (Wildman–Crippen MR) is 78.7 cm³/mol. The minimum absolute atomic E-state index is 0.00155. The van der Waals surface area contributed by atoms with Crippen molar-refractivity contribution in [2.45, 2.75) is 12.7 Å². The van der Waals surface area contributed by atoms with Crippen LogP contribution in [0.4, 0.5) is 17.6 Å². The van der Waals surface area contributed by atoms with Gasteiger partial charge in [-0.1, -0.05) is 30.3 Å². The van der Waals surface area contributed by atoms with E-state index in [1.165, 1.54) is 36.4 Å². The Kier molecular flexibility index (Phi) is 5.16. The Bertz CT molecular complexity index is 723. The van der Waals surface area contributed by atoms with E-state index in [2.05, 4.69) is 5.32 Å². The highest BCUT2D eigenvalue weighted by Gasteiger charge is 2.30. The van der Waals surface area contributed by atoms with Crippen LogP contribution in [-0.2, 0) is 17.5 Å². The van der Waals surface area contributed by atoms with E-state index in [9.17, 15) is 22.4 Å². The molecule has 0 saturated carbocycles. The fourth-order valence-corrected chi connectivity index (χ4v) is 1.87. The normalized spacial score (nSPS) is 11.7. The summed E-state index contributed by atoms with van der Waals surface area (Å²) in [7, 11) is 0. The molecule has 0 aliphatic carbocycles. The summed E-state index contributed by atoms with van der Waals surface area (Å²) in [5, 5.41) is 2.47. The first-order valence-corrected chi connectivity index (χ1v) is 6.73. The molecule has 0 radical (unpaired) electrons. The molecule has 0 saturated heterocycles. The van der Waals surface area contributed by atoms with Crippen LogP contribution in [0.25, 0.3) is 6.08 Å². The van der Waals surface area contributed by atoms with Gasteiger partial charge in [0.25, 0.3) is 0 Å². The lowest BCUT2D eigenvalue weighted by molar-refractivity contribution is -0.137. The molecule has 0 bridgehead atoms. The number of carbonyl (C=O) groups excluding carboxylic acids is 1. The van der Waals surface area contributed by atoms with Gasteiger partial charge in [-0.05, 0) is 29.8 Å². The molecule has 0 aromatic heterocycles.